The van der Waals surface area contributed by atoms with Gasteiger partial charge in [0.15, 0.2) is 29.4 Å². The molecule has 0 saturated carbocycles. The van der Waals surface area contributed by atoms with Gasteiger partial charge in [0.1, 0.15) is 0 Å². The second-order valence-electron chi connectivity index (χ2n) is 9.01. The Morgan fingerprint density at radius 3 is 2.92 bits per heavy atom. The van der Waals surface area contributed by atoms with Crippen LogP contribution in [0.3, 0.4) is 0 Å². The third kappa shape index (κ3) is 4.66. The average Bonchev–Trinajstić information content (AvgIpc) is 3.52. The number of carbonyl (C=O) groups is 2. The summed E-state index contributed by atoms with van der Waals surface area (Å²) in [7, 11) is 1.47. The van der Waals surface area contributed by atoms with Crippen LogP contribution in [-0.2, 0) is 14.3 Å². The topological polar surface area (TPSA) is 184 Å². The molecule has 192 valence electrons. The molecule has 0 bridgehead atoms. The van der Waals surface area contributed by atoms with Gasteiger partial charge in [-0.05, 0) is 26.0 Å². The molecule has 1 fully saturated rings. The number of ether oxygens (including phenoxy) is 2. The summed E-state index contributed by atoms with van der Waals surface area (Å²) in [6, 6.07) is 7.99. The second-order valence-corrected chi connectivity index (χ2v) is 9.01. The van der Waals surface area contributed by atoms with Crippen molar-refractivity contribution in [2.75, 3.05) is 29.6 Å². The van der Waals surface area contributed by atoms with Crippen LogP contribution in [0.1, 0.15) is 13.8 Å². The third-order valence-electron chi connectivity index (χ3n) is 5.76. The highest BCUT2D eigenvalue weighted by atomic mass is 16.5. The number of morpholine rings is 1. The number of aliphatic hydroxyl groups excluding tert-OH is 1. The normalized spacial score (nSPS) is 18.1. The molecular formula is C23H24N8O6. The fourth-order valence-electron chi connectivity index (χ4n) is 3.99. The van der Waals surface area contributed by atoms with Gasteiger partial charge < -0.3 is 30.2 Å². The lowest BCUT2D eigenvalue weighted by atomic mass is 10.0. The van der Waals surface area contributed by atoms with E-state index < -0.39 is 29.6 Å². The second kappa shape index (κ2) is 9.15. The largest absolute Gasteiger partial charge is 0.480 e. The number of aliphatic hydroxyl groups is 1. The molecule has 1 saturated heterocycles. The Labute approximate surface area is 209 Å². The lowest BCUT2D eigenvalue weighted by Crippen LogP contribution is -2.61. The van der Waals surface area contributed by atoms with Crippen molar-refractivity contribution in [2.24, 2.45) is 0 Å². The molecule has 0 aliphatic carbocycles. The zero-order chi connectivity index (χ0) is 26.3. The van der Waals surface area contributed by atoms with Crippen LogP contribution in [0.4, 0.5) is 17.3 Å². The molecule has 1 unspecified atom stereocenters. The molecular weight excluding hydrogens is 484 g/mol. The number of methoxy groups -OCH3 is 1. The molecule has 0 radical (unpaired) electrons. The number of nitrogen functional groups attached to an aromatic ring is 1. The van der Waals surface area contributed by atoms with Crippen LogP contribution >= 0.6 is 0 Å². The number of anilines is 3. The Kier molecular flexibility index (Phi) is 5.97. The van der Waals surface area contributed by atoms with Crippen molar-refractivity contribution in [1.82, 2.24) is 25.1 Å². The summed E-state index contributed by atoms with van der Waals surface area (Å²) >= 11 is 0. The van der Waals surface area contributed by atoms with E-state index in [1.54, 1.807) is 44.3 Å². The van der Waals surface area contributed by atoms with E-state index in [-0.39, 0.29) is 12.4 Å². The smallest absolute Gasteiger partial charge is 0.260 e. The molecule has 2 atom stereocenters. The summed E-state index contributed by atoms with van der Waals surface area (Å²) in [6.07, 6.45) is -0.139. The zero-order valence-corrected chi connectivity index (χ0v) is 20.2. The van der Waals surface area contributed by atoms with Crippen LogP contribution in [-0.4, -0.2) is 73.5 Å². The van der Waals surface area contributed by atoms with Gasteiger partial charge in [0, 0.05) is 30.1 Å². The minimum atomic E-state index is -1.80. The van der Waals surface area contributed by atoms with E-state index in [0.717, 1.165) is 0 Å². The van der Waals surface area contributed by atoms with Crippen LogP contribution in [0, 0.1) is 0 Å². The number of nitrogens with one attached hydrogen (secondary N) is 1. The molecule has 1 aromatic carbocycles. The van der Waals surface area contributed by atoms with Gasteiger partial charge in [0.25, 0.3) is 11.8 Å². The molecule has 14 nitrogen and oxygen atoms in total. The van der Waals surface area contributed by atoms with Gasteiger partial charge in [-0.25, -0.2) is 4.68 Å². The maximum atomic E-state index is 13.4. The molecule has 4 heterocycles. The van der Waals surface area contributed by atoms with Crippen molar-refractivity contribution in [3.63, 3.8) is 0 Å². The van der Waals surface area contributed by atoms with E-state index >= 15 is 0 Å². The first-order valence-electron chi connectivity index (χ1n) is 11.2. The van der Waals surface area contributed by atoms with Gasteiger partial charge in [-0.1, -0.05) is 5.16 Å². The van der Waals surface area contributed by atoms with Crippen molar-refractivity contribution >= 4 is 40.1 Å². The van der Waals surface area contributed by atoms with E-state index in [0.29, 0.717) is 34.0 Å². The summed E-state index contributed by atoms with van der Waals surface area (Å²) in [4.78, 5) is 27.6. The van der Waals surface area contributed by atoms with Crippen LogP contribution in [0.15, 0.2) is 47.2 Å². The Morgan fingerprint density at radius 1 is 1.32 bits per heavy atom. The fourth-order valence-corrected chi connectivity index (χ4v) is 3.99. The first kappa shape index (κ1) is 24.1. The summed E-state index contributed by atoms with van der Waals surface area (Å²) in [5.74, 6) is -0.612. The standard InChI is InChI=1S/C23H24N8O6/c1-23(2)11-30(16-6-7-31(28-16)13-9-17(35-3)27-25-10-13)22(34)19(36-23)18(32)21(33)26-12-4-5-14-15(8-12)37-29-20(14)24/h4-10,18-19,32H,11H2,1-3H3,(H2,24,29)(H,26,33)/t18?,19-/m1/s1. The number of hydrogen-bond donors (Lipinski definition) is 3. The Balaban J connectivity index is 1.36. The average molecular weight is 508 g/mol. The lowest BCUT2D eigenvalue weighted by Gasteiger charge is -2.42. The summed E-state index contributed by atoms with van der Waals surface area (Å²) in [6.45, 7) is 3.65. The van der Waals surface area contributed by atoms with Gasteiger partial charge in [-0.2, -0.15) is 5.10 Å². The maximum Gasteiger partial charge on any atom is 0.260 e. The van der Waals surface area contributed by atoms with Crippen molar-refractivity contribution in [3.05, 3.63) is 42.7 Å². The monoisotopic (exact) mass is 508 g/mol. The first-order valence-corrected chi connectivity index (χ1v) is 11.2. The predicted octanol–water partition coefficient (Wildman–Crippen LogP) is 0.904. The Hall–Kier alpha value is -4.56. The number of rotatable bonds is 6. The van der Waals surface area contributed by atoms with Gasteiger partial charge in [0.2, 0.25) is 5.88 Å². The minimum absolute atomic E-state index is 0.148. The zero-order valence-electron chi connectivity index (χ0n) is 20.2. The van der Waals surface area contributed by atoms with Gasteiger partial charge in [-0.15, -0.1) is 10.2 Å². The number of carbonyl (C=O) groups excluding carboxylic acids is 2. The number of benzene rings is 1. The predicted molar refractivity (Wildman–Crippen MR) is 130 cm³/mol. The third-order valence-corrected chi connectivity index (χ3v) is 5.76. The molecule has 0 spiro atoms. The molecule has 3 aromatic heterocycles. The SMILES string of the molecule is COc1cc(-n2ccc(N3CC(C)(C)O[C@H](C(O)C(=O)Nc4ccc5c(N)noc5c4)C3=O)n2)cnn1. The maximum absolute atomic E-state index is 13.4. The minimum Gasteiger partial charge on any atom is -0.480 e. The van der Waals surface area contributed by atoms with E-state index in [1.807, 2.05) is 0 Å². The van der Waals surface area contributed by atoms with Crippen molar-refractivity contribution < 1.29 is 28.7 Å². The summed E-state index contributed by atoms with van der Waals surface area (Å²) < 4.78 is 17.5. The number of hydrogen-bond acceptors (Lipinski definition) is 11. The van der Waals surface area contributed by atoms with Crippen LogP contribution in [0.25, 0.3) is 16.7 Å². The van der Waals surface area contributed by atoms with Crippen molar-refractivity contribution in [3.8, 4) is 11.6 Å². The Morgan fingerprint density at radius 2 is 2.14 bits per heavy atom. The number of amides is 2. The van der Waals surface area contributed by atoms with Gasteiger partial charge in [0.05, 0.1) is 36.5 Å². The fraction of sp³-hybridized carbons (Fsp3) is 0.304. The van der Waals surface area contributed by atoms with Gasteiger partial charge in [-0.3, -0.25) is 14.5 Å². The molecule has 2 amide bonds. The molecule has 1 aliphatic rings. The molecule has 1 aliphatic heterocycles. The number of aromatic nitrogens is 5. The first-order chi connectivity index (χ1) is 17.6. The Bertz CT molecular complexity index is 1480. The highest BCUT2D eigenvalue weighted by molar-refractivity contribution is 6.04. The van der Waals surface area contributed by atoms with E-state index in [4.69, 9.17) is 19.7 Å². The molecule has 4 aromatic rings. The van der Waals surface area contributed by atoms with Crippen LogP contribution < -0.4 is 20.7 Å². The highest BCUT2D eigenvalue weighted by Gasteiger charge is 2.46. The summed E-state index contributed by atoms with van der Waals surface area (Å²) in [5, 5.41) is 29.8. The van der Waals surface area contributed by atoms with Crippen molar-refractivity contribution in [1.29, 1.82) is 0 Å². The van der Waals surface area contributed by atoms with E-state index in [9.17, 15) is 14.7 Å². The van der Waals surface area contributed by atoms with Crippen molar-refractivity contribution in [2.45, 2.75) is 31.7 Å². The molecule has 5 rings (SSSR count). The summed E-state index contributed by atoms with van der Waals surface area (Å²) in [5.41, 5.74) is 6.08. The molecule has 37 heavy (non-hydrogen) atoms. The van der Waals surface area contributed by atoms with Crippen LogP contribution in [0.2, 0.25) is 0 Å². The molecule has 4 N–H and O–H groups in total. The molecule has 14 heteroatoms. The van der Waals surface area contributed by atoms with Crippen LogP contribution in [0.5, 0.6) is 5.88 Å². The number of nitrogens with two attached hydrogens (primary N) is 1. The number of fused-ring (bicyclic) bond motifs is 1. The van der Waals surface area contributed by atoms with E-state index in [1.165, 1.54) is 29.0 Å². The lowest BCUT2D eigenvalue weighted by molar-refractivity contribution is -0.169. The number of nitrogens with zero attached hydrogens (tertiary/aromatic N) is 6. The highest BCUT2D eigenvalue weighted by Crippen LogP contribution is 2.29. The van der Waals surface area contributed by atoms with Gasteiger partial charge >= 0.3 is 0 Å². The van der Waals surface area contributed by atoms with E-state index in [2.05, 4.69) is 25.8 Å². The quantitative estimate of drug-likeness (QED) is 0.336.